The first-order valence-corrected chi connectivity index (χ1v) is 9.82. The monoisotopic (exact) mass is 400 g/mol. The molecule has 154 valence electrons. The summed E-state index contributed by atoms with van der Waals surface area (Å²) in [4.78, 5) is 27.0. The van der Waals surface area contributed by atoms with Gasteiger partial charge in [-0.25, -0.2) is 9.48 Å². The SMILES string of the molecule is CCCCn1nnnc1CN1C(=O)NC(C)(c2ccc3c(c2)OCCCO3)C1=O. The van der Waals surface area contributed by atoms with Gasteiger partial charge in [0.1, 0.15) is 5.54 Å². The van der Waals surface area contributed by atoms with E-state index in [0.29, 0.717) is 42.6 Å². The summed E-state index contributed by atoms with van der Waals surface area (Å²) in [5, 5.41) is 14.4. The highest BCUT2D eigenvalue weighted by Crippen LogP contribution is 2.36. The Hall–Kier alpha value is -3.17. The quantitative estimate of drug-likeness (QED) is 0.733. The Morgan fingerprint density at radius 2 is 2.00 bits per heavy atom. The van der Waals surface area contributed by atoms with Gasteiger partial charge in [-0.2, -0.15) is 0 Å². The van der Waals surface area contributed by atoms with Crippen LogP contribution in [0.3, 0.4) is 0 Å². The van der Waals surface area contributed by atoms with Crippen LogP contribution in [0.2, 0.25) is 0 Å². The third-order valence-electron chi connectivity index (χ3n) is 5.23. The molecule has 3 amide bonds. The maximum absolute atomic E-state index is 13.2. The number of carbonyl (C=O) groups excluding carboxylic acids is 2. The topological polar surface area (TPSA) is 111 Å². The first-order valence-electron chi connectivity index (χ1n) is 9.82. The Morgan fingerprint density at radius 1 is 1.21 bits per heavy atom. The fourth-order valence-corrected chi connectivity index (χ4v) is 3.47. The van der Waals surface area contributed by atoms with Crippen molar-refractivity contribution in [2.24, 2.45) is 0 Å². The fraction of sp³-hybridized carbons (Fsp3) is 0.526. The van der Waals surface area contributed by atoms with Crippen molar-refractivity contribution < 1.29 is 19.1 Å². The standard InChI is InChI=1S/C19H24N6O4/c1-3-4-8-25-16(21-22-23-25)12-24-17(26)19(2,20-18(24)27)13-6-7-14-15(11-13)29-10-5-9-28-14/h6-7,11H,3-5,8-10,12H2,1-2H3,(H,20,27). The zero-order valence-corrected chi connectivity index (χ0v) is 16.6. The van der Waals surface area contributed by atoms with E-state index in [2.05, 4.69) is 27.8 Å². The van der Waals surface area contributed by atoms with Gasteiger partial charge in [0.25, 0.3) is 5.91 Å². The molecule has 0 bridgehead atoms. The number of aryl methyl sites for hydroxylation is 1. The van der Waals surface area contributed by atoms with Crippen LogP contribution in [0.5, 0.6) is 11.5 Å². The van der Waals surface area contributed by atoms with E-state index in [9.17, 15) is 9.59 Å². The van der Waals surface area contributed by atoms with Gasteiger partial charge in [0.15, 0.2) is 17.3 Å². The predicted octanol–water partition coefficient (Wildman–Crippen LogP) is 1.60. The van der Waals surface area contributed by atoms with Crippen LogP contribution in [-0.4, -0.2) is 50.3 Å². The second-order valence-electron chi connectivity index (χ2n) is 7.33. The summed E-state index contributed by atoms with van der Waals surface area (Å²) in [6.45, 7) is 5.54. The summed E-state index contributed by atoms with van der Waals surface area (Å²) in [6, 6.07) is 4.83. The zero-order chi connectivity index (χ0) is 20.4. The number of unbranched alkanes of at least 4 members (excludes halogenated alkanes) is 1. The molecule has 0 saturated carbocycles. The third-order valence-corrected chi connectivity index (χ3v) is 5.23. The van der Waals surface area contributed by atoms with Crippen molar-refractivity contribution in [3.8, 4) is 11.5 Å². The minimum atomic E-state index is -1.20. The molecule has 1 aromatic heterocycles. The average molecular weight is 400 g/mol. The van der Waals surface area contributed by atoms with Crippen LogP contribution in [0.4, 0.5) is 4.79 Å². The number of rotatable bonds is 6. The van der Waals surface area contributed by atoms with Gasteiger partial charge in [-0.1, -0.05) is 19.4 Å². The molecule has 1 atom stereocenters. The first kappa shape index (κ1) is 19.2. The second-order valence-corrected chi connectivity index (χ2v) is 7.33. The molecule has 10 nitrogen and oxygen atoms in total. The number of aromatic nitrogens is 4. The highest BCUT2D eigenvalue weighted by atomic mass is 16.5. The van der Waals surface area contributed by atoms with Gasteiger partial charge < -0.3 is 14.8 Å². The van der Waals surface area contributed by atoms with Crippen molar-refractivity contribution in [3.05, 3.63) is 29.6 Å². The van der Waals surface area contributed by atoms with Crippen LogP contribution < -0.4 is 14.8 Å². The summed E-state index contributed by atoms with van der Waals surface area (Å²) in [6.07, 6.45) is 2.69. The molecule has 1 saturated heterocycles. The highest BCUT2D eigenvalue weighted by Gasteiger charge is 2.49. The number of fused-ring (bicyclic) bond motifs is 1. The van der Waals surface area contributed by atoms with Crippen LogP contribution in [0.25, 0.3) is 0 Å². The Kier molecular flexibility index (Phi) is 5.08. The zero-order valence-electron chi connectivity index (χ0n) is 16.6. The molecule has 1 fully saturated rings. The molecule has 2 aliphatic heterocycles. The summed E-state index contributed by atoms with van der Waals surface area (Å²) >= 11 is 0. The van der Waals surface area contributed by atoms with Gasteiger partial charge in [-0.15, -0.1) is 5.10 Å². The van der Waals surface area contributed by atoms with Crippen LogP contribution >= 0.6 is 0 Å². The number of imide groups is 1. The van der Waals surface area contributed by atoms with E-state index in [0.717, 1.165) is 24.2 Å². The molecular weight excluding hydrogens is 376 g/mol. The molecule has 1 unspecified atom stereocenters. The molecule has 0 aliphatic carbocycles. The van der Waals surface area contributed by atoms with Crippen molar-refractivity contribution in [2.45, 2.75) is 51.7 Å². The van der Waals surface area contributed by atoms with Crippen LogP contribution in [0.1, 0.15) is 44.5 Å². The van der Waals surface area contributed by atoms with E-state index in [1.54, 1.807) is 29.8 Å². The van der Waals surface area contributed by atoms with Crippen LogP contribution in [-0.2, 0) is 23.4 Å². The Bertz CT molecular complexity index is 929. The van der Waals surface area contributed by atoms with E-state index in [-0.39, 0.29) is 12.5 Å². The third kappa shape index (κ3) is 3.50. The Balaban J connectivity index is 1.57. The fourth-order valence-electron chi connectivity index (χ4n) is 3.47. The van der Waals surface area contributed by atoms with E-state index in [1.165, 1.54) is 0 Å². The summed E-state index contributed by atoms with van der Waals surface area (Å²) < 4.78 is 13.0. The summed E-state index contributed by atoms with van der Waals surface area (Å²) in [5.74, 6) is 1.33. The molecule has 0 spiro atoms. The molecule has 2 aliphatic rings. The number of tetrazole rings is 1. The second kappa shape index (κ2) is 7.69. The smallest absolute Gasteiger partial charge is 0.325 e. The number of nitrogens with zero attached hydrogens (tertiary/aromatic N) is 5. The largest absolute Gasteiger partial charge is 0.490 e. The molecule has 29 heavy (non-hydrogen) atoms. The van der Waals surface area contributed by atoms with Crippen molar-refractivity contribution in [1.82, 2.24) is 30.4 Å². The molecule has 0 radical (unpaired) electrons. The molecular formula is C19H24N6O4. The number of hydrogen-bond donors (Lipinski definition) is 1. The van der Waals surface area contributed by atoms with E-state index >= 15 is 0 Å². The first-order chi connectivity index (χ1) is 14.0. The van der Waals surface area contributed by atoms with E-state index in [1.807, 2.05) is 0 Å². The number of amides is 3. The lowest BCUT2D eigenvalue weighted by Gasteiger charge is -2.23. The molecule has 3 heterocycles. The summed E-state index contributed by atoms with van der Waals surface area (Å²) in [5.41, 5.74) is -0.572. The molecule has 1 N–H and O–H groups in total. The van der Waals surface area contributed by atoms with Crippen molar-refractivity contribution >= 4 is 11.9 Å². The number of hydrogen-bond acceptors (Lipinski definition) is 7. The van der Waals surface area contributed by atoms with Crippen LogP contribution in [0, 0.1) is 0 Å². The van der Waals surface area contributed by atoms with Gasteiger partial charge in [-0.05, 0) is 41.5 Å². The average Bonchev–Trinajstić information content (AvgIpc) is 3.13. The lowest BCUT2D eigenvalue weighted by Crippen LogP contribution is -2.41. The lowest BCUT2D eigenvalue weighted by molar-refractivity contribution is -0.131. The predicted molar refractivity (Wildman–Crippen MR) is 101 cm³/mol. The maximum Gasteiger partial charge on any atom is 0.325 e. The lowest BCUT2D eigenvalue weighted by atomic mass is 9.91. The number of nitrogens with one attached hydrogen (secondary N) is 1. The van der Waals surface area contributed by atoms with Gasteiger partial charge >= 0.3 is 6.03 Å². The normalized spacial score (nSPS) is 21.2. The Morgan fingerprint density at radius 3 is 2.79 bits per heavy atom. The molecule has 4 rings (SSSR count). The van der Waals surface area contributed by atoms with Gasteiger partial charge in [-0.3, -0.25) is 9.69 Å². The van der Waals surface area contributed by atoms with Gasteiger partial charge in [0.05, 0.1) is 19.8 Å². The maximum atomic E-state index is 13.2. The van der Waals surface area contributed by atoms with Crippen LogP contribution in [0.15, 0.2) is 18.2 Å². The van der Waals surface area contributed by atoms with Gasteiger partial charge in [0, 0.05) is 13.0 Å². The number of ether oxygens (including phenoxy) is 2. The molecule has 2 aromatic rings. The molecule has 1 aromatic carbocycles. The summed E-state index contributed by atoms with van der Waals surface area (Å²) in [7, 11) is 0. The Labute approximate surface area is 168 Å². The minimum absolute atomic E-state index is 0.0154. The van der Waals surface area contributed by atoms with Crippen molar-refractivity contribution in [2.75, 3.05) is 13.2 Å². The van der Waals surface area contributed by atoms with Gasteiger partial charge in [0.2, 0.25) is 0 Å². The molecule has 10 heteroatoms. The number of carbonyl (C=O) groups is 2. The minimum Gasteiger partial charge on any atom is -0.490 e. The van der Waals surface area contributed by atoms with Crippen molar-refractivity contribution in [1.29, 1.82) is 0 Å². The van der Waals surface area contributed by atoms with Crippen molar-refractivity contribution in [3.63, 3.8) is 0 Å². The van der Waals surface area contributed by atoms with E-state index in [4.69, 9.17) is 9.47 Å². The number of benzene rings is 1. The highest BCUT2D eigenvalue weighted by molar-refractivity contribution is 6.07. The number of urea groups is 1. The van der Waals surface area contributed by atoms with E-state index < -0.39 is 11.6 Å².